The Morgan fingerprint density at radius 3 is 2.86 bits per heavy atom. The van der Waals surface area contributed by atoms with E-state index in [9.17, 15) is 5.11 Å². The number of rotatable bonds is 1. The summed E-state index contributed by atoms with van der Waals surface area (Å²) in [4.78, 5) is 0. The fourth-order valence-corrected chi connectivity index (χ4v) is 3.21. The molecule has 0 aliphatic carbocycles. The highest BCUT2D eigenvalue weighted by atomic mass is 32.2. The maximum atomic E-state index is 9.44. The van der Waals surface area contributed by atoms with Crippen LogP contribution in [0.2, 0.25) is 0 Å². The summed E-state index contributed by atoms with van der Waals surface area (Å²) >= 11 is 2.05. The molecule has 1 aliphatic heterocycles. The lowest BCUT2D eigenvalue weighted by molar-refractivity contribution is 0.470. The van der Waals surface area contributed by atoms with Gasteiger partial charge in [-0.05, 0) is 42.7 Å². The van der Waals surface area contributed by atoms with Gasteiger partial charge in [0.05, 0.1) is 0 Å². The number of phenols is 1. The van der Waals surface area contributed by atoms with Crippen LogP contribution in [-0.4, -0.2) is 10.9 Å². The topological polar surface area (TPSA) is 20.2 Å². The van der Waals surface area contributed by atoms with E-state index in [1.54, 1.807) is 0 Å². The van der Waals surface area contributed by atoms with E-state index in [0.717, 1.165) is 5.56 Å². The average molecular weight is 208 g/mol. The lowest BCUT2D eigenvalue weighted by Crippen LogP contribution is -2.02. The van der Waals surface area contributed by atoms with Gasteiger partial charge in [0.1, 0.15) is 5.75 Å². The van der Waals surface area contributed by atoms with Crippen molar-refractivity contribution in [3.63, 3.8) is 0 Å². The Morgan fingerprint density at radius 1 is 1.36 bits per heavy atom. The fraction of sp³-hybridized carbons (Fsp3) is 0.500. The summed E-state index contributed by atoms with van der Waals surface area (Å²) in [5.74, 6) is 1.69. The number of aryl methyl sites for hydroxylation is 1. The van der Waals surface area contributed by atoms with Gasteiger partial charge in [0.15, 0.2) is 0 Å². The van der Waals surface area contributed by atoms with Gasteiger partial charge in [0, 0.05) is 5.25 Å². The van der Waals surface area contributed by atoms with Crippen LogP contribution in [0.4, 0.5) is 0 Å². The summed E-state index contributed by atoms with van der Waals surface area (Å²) in [5.41, 5.74) is 2.37. The van der Waals surface area contributed by atoms with Crippen LogP contribution < -0.4 is 0 Å². The minimum absolute atomic E-state index is 0.412. The van der Waals surface area contributed by atoms with Gasteiger partial charge in [-0.2, -0.15) is 11.8 Å². The third-order valence-corrected chi connectivity index (χ3v) is 4.21. The quantitative estimate of drug-likeness (QED) is 0.760. The number of hydrogen-bond donors (Lipinski definition) is 1. The van der Waals surface area contributed by atoms with Gasteiger partial charge in [-0.1, -0.05) is 18.6 Å². The molecule has 0 bridgehead atoms. The first-order valence-electron chi connectivity index (χ1n) is 5.18. The molecule has 1 unspecified atom stereocenters. The second-order valence-corrected chi connectivity index (χ2v) is 5.21. The first-order chi connectivity index (χ1) is 6.77. The average Bonchev–Trinajstić information content (AvgIpc) is 2.23. The Labute approximate surface area is 89.5 Å². The zero-order chi connectivity index (χ0) is 9.97. The highest BCUT2D eigenvalue weighted by molar-refractivity contribution is 7.99. The van der Waals surface area contributed by atoms with Gasteiger partial charge in [-0.25, -0.2) is 0 Å². The predicted octanol–water partition coefficient (Wildman–Crippen LogP) is 3.66. The second-order valence-electron chi connectivity index (χ2n) is 3.90. The molecule has 0 amide bonds. The van der Waals surface area contributed by atoms with Gasteiger partial charge < -0.3 is 5.11 Å². The zero-order valence-corrected chi connectivity index (χ0v) is 9.31. The SMILES string of the molecule is Cc1cc(C2CCCCS2)ccc1O. The van der Waals surface area contributed by atoms with E-state index in [1.807, 2.05) is 24.8 Å². The van der Waals surface area contributed by atoms with Crippen LogP contribution >= 0.6 is 11.8 Å². The molecule has 1 atom stereocenters. The van der Waals surface area contributed by atoms with Crippen molar-refractivity contribution in [2.45, 2.75) is 31.4 Å². The van der Waals surface area contributed by atoms with Gasteiger partial charge >= 0.3 is 0 Å². The van der Waals surface area contributed by atoms with Crippen molar-refractivity contribution in [3.8, 4) is 5.75 Å². The minimum atomic E-state index is 0.412. The Kier molecular flexibility index (Phi) is 3.02. The molecule has 0 saturated carbocycles. The third-order valence-electron chi connectivity index (χ3n) is 2.77. The maximum absolute atomic E-state index is 9.44. The van der Waals surface area contributed by atoms with E-state index in [-0.39, 0.29) is 0 Å². The molecule has 2 heteroatoms. The summed E-state index contributed by atoms with van der Waals surface area (Å²) in [5, 5.41) is 10.1. The van der Waals surface area contributed by atoms with Crippen LogP contribution in [0.25, 0.3) is 0 Å². The molecule has 0 radical (unpaired) electrons. The van der Waals surface area contributed by atoms with Crippen LogP contribution in [0.15, 0.2) is 18.2 Å². The number of phenolic OH excluding ortho intramolecular Hbond substituents is 1. The molecule has 14 heavy (non-hydrogen) atoms. The standard InChI is InChI=1S/C12H16OS/c1-9-8-10(5-6-11(9)13)12-4-2-3-7-14-12/h5-6,8,12-13H,2-4,7H2,1H3. The van der Waals surface area contributed by atoms with E-state index >= 15 is 0 Å². The molecule has 1 nitrogen and oxygen atoms in total. The highest BCUT2D eigenvalue weighted by Gasteiger charge is 2.16. The summed E-state index contributed by atoms with van der Waals surface area (Å²) in [7, 11) is 0. The van der Waals surface area contributed by atoms with Crippen LogP contribution in [0.1, 0.15) is 35.6 Å². The molecule has 1 saturated heterocycles. The summed E-state index contributed by atoms with van der Waals surface area (Å²) in [6.07, 6.45) is 3.99. The fourth-order valence-electron chi connectivity index (χ4n) is 1.88. The monoisotopic (exact) mass is 208 g/mol. The number of hydrogen-bond acceptors (Lipinski definition) is 2. The summed E-state index contributed by atoms with van der Waals surface area (Å²) in [6, 6.07) is 6.00. The molecular weight excluding hydrogens is 192 g/mol. The molecule has 2 rings (SSSR count). The second kappa shape index (κ2) is 4.26. The van der Waals surface area contributed by atoms with Crippen molar-refractivity contribution in [3.05, 3.63) is 29.3 Å². The Balaban J connectivity index is 2.18. The molecule has 1 N–H and O–H groups in total. The normalized spacial score (nSPS) is 22.2. The van der Waals surface area contributed by atoms with Gasteiger partial charge in [-0.15, -0.1) is 0 Å². The molecule has 1 aromatic rings. The van der Waals surface area contributed by atoms with Crippen LogP contribution in [0, 0.1) is 6.92 Å². The molecule has 76 valence electrons. The molecule has 1 aliphatic rings. The van der Waals surface area contributed by atoms with Crippen LogP contribution in [-0.2, 0) is 0 Å². The van der Waals surface area contributed by atoms with Crippen molar-refractivity contribution in [2.75, 3.05) is 5.75 Å². The Bertz CT molecular complexity index is 316. The minimum Gasteiger partial charge on any atom is -0.508 e. The van der Waals surface area contributed by atoms with E-state index in [1.165, 1.54) is 30.6 Å². The Hall–Kier alpha value is -0.630. The maximum Gasteiger partial charge on any atom is 0.118 e. The van der Waals surface area contributed by atoms with E-state index in [4.69, 9.17) is 0 Å². The van der Waals surface area contributed by atoms with Crippen molar-refractivity contribution in [1.29, 1.82) is 0 Å². The zero-order valence-electron chi connectivity index (χ0n) is 8.49. The van der Waals surface area contributed by atoms with Gasteiger partial charge in [-0.3, -0.25) is 0 Å². The van der Waals surface area contributed by atoms with Gasteiger partial charge in [0.25, 0.3) is 0 Å². The lowest BCUT2D eigenvalue weighted by atomic mass is 10.0. The van der Waals surface area contributed by atoms with Crippen molar-refractivity contribution < 1.29 is 5.11 Å². The van der Waals surface area contributed by atoms with Crippen LogP contribution in [0.3, 0.4) is 0 Å². The van der Waals surface area contributed by atoms with Crippen molar-refractivity contribution >= 4 is 11.8 Å². The summed E-state index contributed by atoms with van der Waals surface area (Å²) in [6.45, 7) is 1.96. The molecule has 0 spiro atoms. The number of benzene rings is 1. The van der Waals surface area contributed by atoms with E-state index in [2.05, 4.69) is 12.1 Å². The molecule has 0 aromatic heterocycles. The van der Waals surface area contributed by atoms with E-state index in [0.29, 0.717) is 11.0 Å². The molecular formula is C12H16OS. The smallest absolute Gasteiger partial charge is 0.118 e. The van der Waals surface area contributed by atoms with Crippen molar-refractivity contribution in [1.82, 2.24) is 0 Å². The first-order valence-corrected chi connectivity index (χ1v) is 6.23. The van der Waals surface area contributed by atoms with Crippen molar-refractivity contribution in [2.24, 2.45) is 0 Å². The molecule has 1 aromatic carbocycles. The predicted molar refractivity (Wildman–Crippen MR) is 61.9 cm³/mol. The van der Waals surface area contributed by atoms with Crippen LogP contribution in [0.5, 0.6) is 5.75 Å². The molecule has 1 heterocycles. The van der Waals surface area contributed by atoms with E-state index < -0.39 is 0 Å². The first kappa shape index (κ1) is 9.91. The highest BCUT2D eigenvalue weighted by Crippen LogP contribution is 2.39. The molecule has 1 fully saturated rings. The number of thioether (sulfide) groups is 1. The number of aromatic hydroxyl groups is 1. The Morgan fingerprint density at radius 2 is 2.21 bits per heavy atom. The largest absolute Gasteiger partial charge is 0.508 e. The lowest BCUT2D eigenvalue weighted by Gasteiger charge is -2.21. The van der Waals surface area contributed by atoms with Gasteiger partial charge in [0.2, 0.25) is 0 Å². The summed E-state index contributed by atoms with van der Waals surface area (Å²) < 4.78 is 0. The third kappa shape index (κ3) is 2.06.